The van der Waals surface area contributed by atoms with Crippen molar-refractivity contribution in [2.75, 3.05) is 13.2 Å². The van der Waals surface area contributed by atoms with E-state index in [1.807, 2.05) is 0 Å². The first-order chi connectivity index (χ1) is 21.9. The number of ether oxygens (including phenoxy) is 3. The third kappa shape index (κ3) is 33.6. The Hall–Kier alpha value is -1.59. The van der Waals surface area contributed by atoms with Gasteiger partial charge in [0.25, 0.3) is 0 Å². The van der Waals surface area contributed by atoms with E-state index in [0.717, 1.165) is 70.1 Å². The van der Waals surface area contributed by atoms with Crippen molar-refractivity contribution < 1.29 is 28.6 Å². The van der Waals surface area contributed by atoms with Gasteiger partial charge in [-0.05, 0) is 25.2 Å². The van der Waals surface area contributed by atoms with Gasteiger partial charge in [-0.1, -0.05) is 169 Å². The molecule has 0 aromatic rings. The number of rotatable bonds is 34. The van der Waals surface area contributed by atoms with E-state index >= 15 is 0 Å². The smallest absolute Gasteiger partial charge is 0.306 e. The highest BCUT2D eigenvalue weighted by molar-refractivity contribution is 5.71. The lowest BCUT2D eigenvalue weighted by Gasteiger charge is -2.18. The van der Waals surface area contributed by atoms with E-state index in [4.69, 9.17) is 14.2 Å². The predicted octanol–water partition coefficient (Wildman–Crippen LogP) is 11.6. The van der Waals surface area contributed by atoms with E-state index in [1.165, 1.54) is 96.3 Å². The van der Waals surface area contributed by atoms with Crippen molar-refractivity contribution in [2.24, 2.45) is 5.92 Å². The molecule has 0 unspecified atom stereocenters. The van der Waals surface area contributed by atoms with Gasteiger partial charge in [-0.15, -0.1) is 0 Å². The van der Waals surface area contributed by atoms with Crippen molar-refractivity contribution in [1.82, 2.24) is 0 Å². The third-order valence-electron chi connectivity index (χ3n) is 8.54. The molecule has 0 bridgehead atoms. The Morgan fingerprint density at radius 3 is 1.09 bits per heavy atom. The zero-order valence-corrected chi connectivity index (χ0v) is 30.3. The molecule has 0 saturated heterocycles. The fourth-order valence-corrected chi connectivity index (χ4v) is 5.57. The van der Waals surface area contributed by atoms with Gasteiger partial charge in [-0.3, -0.25) is 14.4 Å². The number of unbranched alkanes of at least 4 members (excludes halogenated alkanes) is 21. The van der Waals surface area contributed by atoms with Crippen molar-refractivity contribution in [1.29, 1.82) is 0 Å². The largest absolute Gasteiger partial charge is 0.462 e. The average Bonchev–Trinajstić information content (AvgIpc) is 3.01. The summed E-state index contributed by atoms with van der Waals surface area (Å²) < 4.78 is 16.5. The monoisotopic (exact) mass is 639 g/mol. The molecule has 0 amide bonds. The summed E-state index contributed by atoms with van der Waals surface area (Å²) in [6, 6.07) is 0. The topological polar surface area (TPSA) is 78.9 Å². The van der Waals surface area contributed by atoms with Gasteiger partial charge in [0.2, 0.25) is 0 Å². The van der Waals surface area contributed by atoms with Crippen molar-refractivity contribution >= 4 is 17.9 Å². The number of esters is 3. The SMILES string of the molecule is CCCCCCCCCCCCC(=O)OC[C@H](COC(=O)CCCCCCCCCCCC(C)C)OC(=O)CCCCCCC. The fraction of sp³-hybridized carbons (Fsp3) is 0.923. The van der Waals surface area contributed by atoms with Gasteiger partial charge >= 0.3 is 17.9 Å². The number of hydrogen-bond donors (Lipinski definition) is 0. The van der Waals surface area contributed by atoms with Gasteiger partial charge in [-0.2, -0.15) is 0 Å². The summed E-state index contributed by atoms with van der Waals surface area (Å²) in [4.78, 5) is 37.2. The molecular weight excluding hydrogens is 564 g/mol. The summed E-state index contributed by atoms with van der Waals surface area (Å²) in [6.07, 6.45) is 29.7. The maximum atomic E-state index is 12.4. The van der Waals surface area contributed by atoms with Crippen LogP contribution in [0.2, 0.25) is 0 Å². The molecule has 1 atom stereocenters. The average molecular weight is 639 g/mol. The first-order valence-electron chi connectivity index (χ1n) is 19.4. The van der Waals surface area contributed by atoms with Gasteiger partial charge in [0, 0.05) is 19.3 Å². The van der Waals surface area contributed by atoms with Crippen LogP contribution in [0.15, 0.2) is 0 Å². The van der Waals surface area contributed by atoms with Crippen molar-refractivity contribution in [3.8, 4) is 0 Å². The van der Waals surface area contributed by atoms with Crippen LogP contribution < -0.4 is 0 Å². The molecule has 0 spiro atoms. The van der Waals surface area contributed by atoms with Crippen LogP contribution in [0.5, 0.6) is 0 Å². The van der Waals surface area contributed by atoms with Gasteiger partial charge in [0.15, 0.2) is 6.10 Å². The minimum Gasteiger partial charge on any atom is -0.462 e. The molecule has 0 aliphatic heterocycles. The molecule has 0 radical (unpaired) electrons. The van der Waals surface area contributed by atoms with Crippen LogP contribution in [0.1, 0.15) is 207 Å². The number of carbonyl (C=O) groups is 3. The third-order valence-corrected chi connectivity index (χ3v) is 8.54. The van der Waals surface area contributed by atoms with Crippen LogP contribution in [-0.2, 0) is 28.6 Å². The maximum absolute atomic E-state index is 12.4. The van der Waals surface area contributed by atoms with E-state index in [0.29, 0.717) is 19.3 Å². The standard InChI is InChI=1S/C39H74O6/c1-5-7-9-11-12-13-16-19-23-26-30-37(40)43-33-36(45-39(42)32-28-21-10-8-6-2)34-44-38(41)31-27-24-20-17-14-15-18-22-25-29-35(3)4/h35-36H,5-34H2,1-4H3/t36-/m1/s1. The number of hydrogen-bond acceptors (Lipinski definition) is 6. The van der Waals surface area contributed by atoms with Crippen LogP contribution in [0.4, 0.5) is 0 Å². The lowest BCUT2D eigenvalue weighted by atomic mass is 10.0. The molecule has 266 valence electrons. The van der Waals surface area contributed by atoms with E-state index in [-0.39, 0.29) is 31.1 Å². The first kappa shape index (κ1) is 43.4. The maximum Gasteiger partial charge on any atom is 0.306 e. The summed E-state index contributed by atoms with van der Waals surface area (Å²) in [5.41, 5.74) is 0. The fourth-order valence-electron chi connectivity index (χ4n) is 5.57. The van der Waals surface area contributed by atoms with E-state index in [2.05, 4.69) is 27.7 Å². The van der Waals surface area contributed by atoms with Crippen LogP contribution >= 0.6 is 0 Å². The molecule has 0 fully saturated rings. The highest BCUT2D eigenvalue weighted by atomic mass is 16.6. The summed E-state index contributed by atoms with van der Waals surface area (Å²) in [5, 5.41) is 0. The predicted molar refractivity (Wildman–Crippen MR) is 187 cm³/mol. The molecule has 0 aromatic heterocycles. The van der Waals surface area contributed by atoms with Crippen LogP contribution in [0.3, 0.4) is 0 Å². The van der Waals surface area contributed by atoms with Gasteiger partial charge in [0.05, 0.1) is 0 Å². The molecule has 45 heavy (non-hydrogen) atoms. The summed E-state index contributed by atoms with van der Waals surface area (Å²) in [5.74, 6) is -0.0722. The summed E-state index contributed by atoms with van der Waals surface area (Å²) in [7, 11) is 0. The summed E-state index contributed by atoms with van der Waals surface area (Å²) in [6.45, 7) is 8.85. The molecule has 6 nitrogen and oxygen atoms in total. The van der Waals surface area contributed by atoms with Crippen LogP contribution in [-0.4, -0.2) is 37.2 Å². The minimum atomic E-state index is -0.755. The normalized spacial score (nSPS) is 11.9. The molecule has 0 rings (SSSR count). The Bertz CT molecular complexity index is 676. The molecule has 0 N–H and O–H groups in total. The first-order valence-corrected chi connectivity index (χ1v) is 19.4. The number of carbonyl (C=O) groups excluding carboxylic acids is 3. The zero-order chi connectivity index (χ0) is 33.2. The Morgan fingerprint density at radius 2 is 0.733 bits per heavy atom. The summed E-state index contributed by atoms with van der Waals surface area (Å²) >= 11 is 0. The van der Waals surface area contributed by atoms with Crippen LogP contribution in [0.25, 0.3) is 0 Å². The highest BCUT2D eigenvalue weighted by Crippen LogP contribution is 2.15. The second kappa shape index (κ2) is 33.8. The van der Waals surface area contributed by atoms with E-state index in [9.17, 15) is 14.4 Å². The molecule has 6 heteroatoms. The Morgan fingerprint density at radius 1 is 0.422 bits per heavy atom. The van der Waals surface area contributed by atoms with Crippen molar-refractivity contribution in [3.63, 3.8) is 0 Å². The molecule has 0 heterocycles. The second-order valence-corrected chi connectivity index (χ2v) is 13.7. The second-order valence-electron chi connectivity index (χ2n) is 13.7. The highest BCUT2D eigenvalue weighted by Gasteiger charge is 2.19. The van der Waals surface area contributed by atoms with E-state index in [1.54, 1.807) is 0 Å². The minimum absolute atomic E-state index is 0.0665. The van der Waals surface area contributed by atoms with Gasteiger partial charge < -0.3 is 14.2 Å². The van der Waals surface area contributed by atoms with Gasteiger partial charge in [0.1, 0.15) is 13.2 Å². The Labute approximate surface area is 278 Å². The molecule has 0 aliphatic carbocycles. The van der Waals surface area contributed by atoms with Crippen molar-refractivity contribution in [3.05, 3.63) is 0 Å². The zero-order valence-electron chi connectivity index (χ0n) is 30.3. The molecular formula is C39H74O6. The lowest BCUT2D eigenvalue weighted by molar-refractivity contribution is -0.167. The molecule has 0 saturated carbocycles. The molecule has 0 aromatic carbocycles. The lowest BCUT2D eigenvalue weighted by Crippen LogP contribution is -2.30. The van der Waals surface area contributed by atoms with Crippen LogP contribution in [0, 0.1) is 5.92 Å². The van der Waals surface area contributed by atoms with Gasteiger partial charge in [-0.25, -0.2) is 0 Å². The quantitative estimate of drug-likeness (QED) is 0.0396. The molecule has 0 aliphatic rings. The Kier molecular flexibility index (Phi) is 32.6. The Balaban J connectivity index is 4.23. The van der Waals surface area contributed by atoms with Crippen molar-refractivity contribution in [2.45, 2.75) is 214 Å². The van der Waals surface area contributed by atoms with E-state index < -0.39 is 6.10 Å².